The van der Waals surface area contributed by atoms with Crippen LogP contribution >= 0.6 is 0 Å². The van der Waals surface area contributed by atoms with Crippen molar-refractivity contribution in [3.05, 3.63) is 0 Å². The second-order valence-electron chi connectivity index (χ2n) is 13.2. The average molecular weight is 451 g/mol. The summed E-state index contributed by atoms with van der Waals surface area (Å²) in [6.45, 7) is 18.8. The first-order valence-electron chi connectivity index (χ1n) is 12.6. The van der Waals surface area contributed by atoms with E-state index >= 15 is 0 Å². The maximum absolute atomic E-state index is 12.0. The van der Waals surface area contributed by atoms with Gasteiger partial charge in [0.25, 0.3) is 0 Å². The van der Waals surface area contributed by atoms with E-state index in [1.807, 2.05) is 0 Å². The molecule has 2 aliphatic rings. The fraction of sp³-hybridized carbons (Fsp3) is 0.923. The van der Waals surface area contributed by atoms with E-state index in [0.717, 1.165) is 64.1 Å². The highest BCUT2D eigenvalue weighted by atomic mass is 16.1. The van der Waals surface area contributed by atoms with Gasteiger partial charge in [0.05, 0.1) is 0 Å². The number of carbonyl (C=O) groups excluding carboxylic acids is 2. The summed E-state index contributed by atoms with van der Waals surface area (Å²) in [4.78, 5) is 24.0. The van der Waals surface area contributed by atoms with Crippen LogP contribution in [-0.2, 0) is 9.59 Å². The third-order valence-electron chi connectivity index (χ3n) is 6.97. The molecule has 2 saturated heterocycles. The van der Waals surface area contributed by atoms with Crippen LogP contribution in [0, 0.1) is 0 Å². The zero-order valence-corrected chi connectivity index (χ0v) is 22.0. The van der Waals surface area contributed by atoms with Crippen LogP contribution < -0.4 is 21.3 Å². The minimum Gasteiger partial charge on any atom is -0.314 e. The van der Waals surface area contributed by atoms with Gasteiger partial charge in [0.15, 0.2) is 0 Å². The molecule has 0 aliphatic carbocycles. The predicted molar refractivity (Wildman–Crippen MR) is 133 cm³/mol. The molecule has 6 heteroatoms. The summed E-state index contributed by atoms with van der Waals surface area (Å²) < 4.78 is 0. The first-order chi connectivity index (χ1) is 14.6. The van der Waals surface area contributed by atoms with Crippen LogP contribution in [0.15, 0.2) is 0 Å². The Balaban J connectivity index is 1.78. The number of unbranched alkanes of at least 4 members (excludes halogenated alkanes) is 2. The molecule has 2 rings (SSSR count). The fourth-order valence-corrected chi connectivity index (χ4v) is 6.58. The highest BCUT2D eigenvalue weighted by Gasteiger charge is 2.41. The SMILES string of the molecule is CC1(C)CC(NCCCCCC(C=O)(C=O)NC2CC(C)(C)NC(C)(C)C2)CC(C)(C)N1. The number of piperidine rings is 2. The lowest BCUT2D eigenvalue weighted by molar-refractivity contribution is -0.123. The summed E-state index contributed by atoms with van der Waals surface area (Å²) in [7, 11) is 0. The molecule has 0 bridgehead atoms. The summed E-state index contributed by atoms with van der Waals surface area (Å²) in [6, 6.07) is 0.670. The Morgan fingerprint density at radius 2 is 1.16 bits per heavy atom. The molecular formula is C26H50N4O2. The van der Waals surface area contributed by atoms with Crippen molar-refractivity contribution >= 4 is 12.6 Å². The minimum atomic E-state index is -1.06. The molecule has 0 aromatic rings. The van der Waals surface area contributed by atoms with Crippen LogP contribution in [0.4, 0.5) is 0 Å². The van der Waals surface area contributed by atoms with Crippen molar-refractivity contribution in [1.82, 2.24) is 21.3 Å². The molecule has 2 aliphatic heterocycles. The second-order valence-corrected chi connectivity index (χ2v) is 13.2. The van der Waals surface area contributed by atoms with Gasteiger partial charge < -0.3 is 25.5 Å². The molecule has 0 aromatic heterocycles. The molecule has 186 valence electrons. The van der Waals surface area contributed by atoms with E-state index in [-0.39, 0.29) is 28.2 Å². The third kappa shape index (κ3) is 8.51. The van der Waals surface area contributed by atoms with Crippen LogP contribution in [0.5, 0.6) is 0 Å². The van der Waals surface area contributed by atoms with E-state index in [1.165, 1.54) is 0 Å². The van der Waals surface area contributed by atoms with E-state index in [1.54, 1.807) is 0 Å². The molecule has 0 atom stereocenters. The van der Waals surface area contributed by atoms with Gasteiger partial charge in [0.2, 0.25) is 0 Å². The second kappa shape index (κ2) is 10.2. The van der Waals surface area contributed by atoms with Crippen molar-refractivity contribution < 1.29 is 9.59 Å². The van der Waals surface area contributed by atoms with E-state index in [0.29, 0.717) is 12.5 Å². The average Bonchev–Trinajstić information content (AvgIpc) is 2.58. The molecule has 0 saturated carbocycles. The molecule has 0 unspecified atom stereocenters. The predicted octanol–water partition coefficient (Wildman–Crippen LogP) is 3.48. The third-order valence-corrected chi connectivity index (χ3v) is 6.97. The van der Waals surface area contributed by atoms with Crippen molar-refractivity contribution in [3.8, 4) is 0 Å². The van der Waals surface area contributed by atoms with Crippen LogP contribution in [0.1, 0.15) is 107 Å². The van der Waals surface area contributed by atoms with E-state index in [9.17, 15) is 9.59 Å². The van der Waals surface area contributed by atoms with Gasteiger partial charge in [-0.05, 0) is 100 Å². The molecule has 4 N–H and O–H groups in total. The zero-order valence-electron chi connectivity index (χ0n) is 22.0. The lowest BCUT2D eigenvalue weighted by Crippen LogP contribution is -2.65. The molecule has 2 heterocycles. The minimum absolute atomic E-state index is 0.0274. The largest absolute Gasteiger partial charge is 0.314 e. The quantitative estimate of drug-likeness (QED) is 0.219. The zero-order chi connectivity index (χ0) is 24.3. The summed E-state index contributed by atoms with van der Waals surface area (Å²) >= 11 is 0. The number of hydrogen-bond donors (Lipinski definition) is 4. The van der Waals surface area contributed by atoms with Crippen molar-refractivity contribution in [2.75, 3.05) is 6.54 Å². The molecule has 2 fully saturated rings. The first-order valence-corrected chi connectivity index (χ1v) is 12.6. The maximum Gasteiger partial charge on any atom is 0.147 e. The van der Waals surface area contributed by atoms with Gasteiger partial charge >= 0.3 is 0 Å². The van der Waals surface area contributed by atoms with E-state index in [4.69, 9.17) is 0 Å². The Morgan fingerprint density at radius 3 is 1.59 bits per heavy atom. The van der Waals surface area contributed by atoms with Crippen molar-refractivity contribution in [3.63, 3.8) is 0 Å². The Hall–Kier alpha value is -0.820. The molecule has 32 heavy (non-hydrogen) atoms. The molecule has 0 aromatic carbocycles. The summed E-state index contributed by atoms with van der Waals surface area (Å²) in [5.74, 6) is 0. The summed E-state index contributed by atoms with van der Waals surface area (Å²) in [6.07, 6.45) is 9.22. The van der Waals surface area contributed by atoms with Gasteiger partial charge in [-0.3, -0.25) is 5.32 Å². The fourth-order valence-electron chi connectivity index (χ4n) is 6.58. The van der Waals surface area contributed by atoms with Gasteiger partial charge in [-0.2, -0.15) is 0 Å². The number of nitrogens with one attached hydrogen (secondary N) is 4. The van der Waals surface area contributed by atoms with E-state index in [2.05, 4.69) is 76.7 Å². The highest BCUT2D eigenvalue weighted by molar-refractivity contribution is 5.89. The monoisotopic (exact) mass is 450 g/mol. The number of aldehydes is 2. The molecule has 0 amide bonds. The van der Waals surface area contributed by atoms with E-state index < -0.39 is 5.54 Å². The maximum atomic E-state index is 12.0. The van der Waals surface area contributed by atoms with Crippen molar-refractivity contribution in [2.45, 2.75) is 147 Å². The summed E-state index contributed by atoms with van der Waals surface area (Å²) in [5, 5.41) is 14.6. The highest BCUT2D eigenvalue weighted by Crippen LogP contribution is 2.30. The standard InChI is InChI=1S/C26H50N4O2/c1-22(2)14-20(15-23(3,4)29-22)27-13-11-9-10-12-26(18-31,19-32)28-21-16-24(5,6)30-25(7,8)17-21/h18-21,27-30H,9-17H2,1-8H3. The van der Waals surface area contributed by atoms with Gasteiger partial charge in [0.1, 0.15) is 18.1 Å². The van der Waals surface area contributed by atoms with Gasteiger partial charge in [0, 0.05) is 34.2 Å². The van der Waals surface area contributed by atoms with Crippen LogP contribution in [0.3, 0.4) is 0 Å². The normalized spacial score (nSPS) is 25.4. The van der Waals surface area contributed by atoms with Crippen molar-refractivity contribution in [1.29, 1.82) is 0 Å². The molecular weight excluding hydrogens is 400 g/mol. The van der Waals surface area contributed by atoms with Crippen LogP contribution in [0.2, 0.25) is 0 Å². The topological polar surface area (TPSA) is 82.3 Å². The number of carbonyl (C=O) groups is 2. The van der Waals surface area contributed by atoms with Gasteiger partial charge in [-0.1, -0.05) is 12.8 Å². The lowest BCUT2D eigenvalue weighted by atomic mass is 9.78. The molecule has 0 spiro atoms. The van der Waals surface area contributed by atoms with Gasteiger partial charge in [-0.15, -0.1) is 0 Å². The van der Waals surface area contributed by atoms with Gasteiger partial charge in [-0.25, -0.2) is 0 Å². The molecule has 0 radical (unpaired) electrons. The number of hydrogen-bond acceptors (Lipinski definition) is 6. The lowest BCUT2D eigenvalue weighted by Gasteiger charge is -2.48. The smallest absolute Gasteiger partial charge is 0.147 e. The summed E-state index contributed by atoms with van der Waals surface area (Å²) in [5.41, 5.74) is -0.821. The first kappa shape index (κ1) is 27.4. The van der Waals surface area contributed by atoms with Crippen molar-refractivity contribution in [2.24, 2.45) is 0 Å². The molecule has 6 nitrogen and oxygen atoms in total. The Labute approximate surface area is 196 Å². The Morgan fingerprint density at radius 1 is 0.719 bits per heavy atom. The Bertz CT molecular complexity index is 602. The Kier molecular flexibility index (Phi) is 8.75. The number of rotatable bonds is 11. The van der Waals surface area contributed by atoms with Crippen LogP contribution in [0.25, 0.3) is 0 Å². The van der Waals surface area contributed by atoms with Crippen LogP contribution in [-0.4, -0.2) is 58.9 Å².